The van der Waals surface area contributed by atoms with Crippen molar-refractivity contribution in [3.63, 3.8) is 0 Å². The quantitative estimate of drug-likeness (QED) is 0.418. The minimum atomic E-state index is -0.770. The lowest BCUT2D eigenvalue weighted by Crippen LogP contribution is -2.45. The summed E-state index contributed by atoms with van der Waals surface area (Å²) in [6.07, 6.45) is 0.355. The molecule has 166 valence electrons. The number of amides is 2. The van der Waals surface area contributed by atoms with Crippen LogP contribution in [0.3, 0.4) is 0 Å². The number of carbonyl (C=O) groups excluding carboxylic acids is 2. The molecule has 0 saturated heterocycles. The molecule has 0 unspecified atom stereocenters. The van der Waals surface area contributed by atoms with Crippen LogP contribution in [0.5, 0.6) is 0 Å². The highest BCUT2D eigenvalue weighted by Crippen LogP contribution is 2.26. The molecular formula is C26H24N4O2S. The molecule has 1 atom stereocenters. The number of benzene rings is 3. The van der Waals surface area contributed by atoms with Crippen LogP contribution in [0.25, 0.3) is 10.6 Å². The van der Waals surface area contributed by atoms with E-state index in [0.717, 1.165) is 22.3 Å². The summed E-state index contributed by atoms with van der Waals surface area (Å²) < 4.78 is 0. The number of nitrogens with one attached hydrogen (secondary N) is 2. The standard InChI is InChI=1S/C26H24N4O2S/c1-17-8-12-20(13-9-17)23(31)27-22(16-19-6-4-3-5-7-19)24(32)28-26-30-29-25(33-26)21-14-10-18(2)11-15-21/h3-15,22H,16H2,1-2H3,(H,27,31)(H,28,30,32)/t22-/m0/s1. The van der Waals surface area contributed by atoms with Crippen molar-refractivity contribution in [2.75, 3.05) is 5.32 Å². The molecule has 4 rings (SSSR count). The van der Waals surface area contributed by atoms with Gasteiger partial charge in [-0.05, 0) is 31.5 Å². The normalized spacial score (nSPS) is 11.6. The van der Waals surface area contributed by atoms with E-state index in [1.54, 1.807) is 12.1 Å². The SMILES string of the molecule is Cc1ccc(C(=O)N[C@@H](Cc2ccccc2)C(=O)Nc2nnc(-c3ccc(C)cc3)s2)cc1. The zero-order chi connectivity index (χ0) is 23.2. The summed E-state index contributed by atoms with van der Waals surface area (Å²) in [7, 11) is 0. The topological polar surface area (TPSA) is 84.0 Å². The molecule has 0 fully saturated rings. The van der Waals surface area contributed by atoms with Crippen molar-refractivity contribution in [2.45, 2.75) is 26.3 Å². The van der Waals surface area contributed by atoms with Gasteiger partial charge in [-0.1, -0.05) is 89.2 Å². The van der Waals surface area contributed by atoms with Gasteiger partial charge in [0.05, 0.1) is 0 Å². The van der Waals surface area contributed by atoms with Crippen LogP contribution in [0.1, 0.15) is 27.0 Å². The van der Waals surface area contributed by atoms with Gasteiger partial charge in [0.15, 0.2) is 0 Å². The molecule has 0 radical (unpaired) electrons. The maximum Gasteiger partial charge on any atom is 0.251 e. The van der Waals surface area contributed by atoms with Crippen LogP contribution in [-0.2, 0) is 11.2 Å². The van der Waals surface area contributed by atoms with Gasteiger partial charge >= 0.3 is 0 Å². The van der Waals surface area contributed by atoms with Crippen molar-refractivity contribution in [1.82, 2.24) is 15.5 Å². The molecule has 3 aromatic carbocycles. The maximum absolute atomic E-state index is 13.1. The predicted octanol–water partition coefficient (Wildman–Crippen LogP) is 4.80. The second-order valence-corrected chi connectivity index (χ2v) is 8.83. The van der Waals surface area contributed by atoms with Gasteiger partial charge in [0.2, 0.25) is 11.0 Å². The Labute approximate surface area is 196 Å². The largest absolute Gasteiger partial charge is 0.340 e. The Hall–Kier alpha value is -3.84. The molecule has 6 nitrogen and oxygen atoms in total. The number of hydrogen-bond acceptors (Lipinski definition) is 5. The average Bonchev–Trinajstić information content (AvgIpc) is 3.28. The third kappa shape index (κ3) is 5.90. The van der Waals surface area contributed by atoms with Gasteiger partial charge in [0.1, 0.15) is 11.0 Å². The van der Waals surface area contributed by atoms with Crippen molar-refractivity contribution in [3.8, 4) is 10.6 Å². The minimum absolute atomic E-state index is 0.302. The molecule has 2 amide bonds. The van der Waals surface area contributed by atoms with E-state index in [-0.39, 0.29) is 11.8 Å². The highest BCUT2D eigenvalue weighted by Gasteiger charge is 2.23. The van der Waals surface area contributed by atoms with Gasteiger partial charge in [-0.2, -0.15) is 0 Å². The zero-order valence-electron chi connectivity index (χ0n) is 18.4. The van der Waals surface area contributed by atoms with E-state index >= 15 is 0 Å². The van der Waals surface area contributed by atoms with E-state index in [0.29, 0.717) is 22.1 Å². The highest BCUT2D eigenvalue weighted by molar-refractivity contribution is 7.18. The average molecular weight is 457 g/mol. The summed E-state index contributed by atoms with van der Waals surface area (Å²) in [5, 5.41) is 15.1. The monoisotopic (exact) mass is 456 g/mol. The van der Waals surface area contributed by atoms with Crippen molar-refractivity contribution in [2.24, 2.45) is 0 Å². The van der Waals surface area contributed by atoms with Gasteiger partial charge in [-0.25, -0.2) is 0 Å². The fraction of sp³-hybridized carbons (Fsp3) is 0.154. The lowest BCUT2D eigenvalue weighted by atomic mass is 10.0. The van der Waals surface area contributed by atoms with Crippen LogP contribution in [0.15, 0.2) is 78.9 Å². The third-order valence-corrected chi connectivity index (χ3v) is 6.06. The molecule has 33 heavy (non-hydrogen) atoms. The number of nitrogens with zero attached hydrogens (tertiary/aromatic N) is 2. The lowest BCUT2D eigenvalue weighted by Gasteiger charge is -2.18. The number of aryl methyl sites for hydroxylation is 2. The van der Waals surface area contributed by atoms with Gasteiger partial charge in [0, 0.05) is 17.5 Å². The Balaban J connectivity index is 1.50. The fourth-order valence-corrected chi connectivity index (χ4v) is 4.04. The van der Waals surface area contributed by atoms with E-state index in [2.05, 4.69) is 20.8 Å². The zero-order valence-corrected chi connectivity index (χ0v) is 19.2. The minimum Gasteiger partial charge on any atom is -0.340 e. The van der Waals surface area contributed by atoms with Crippen LogP contribution in [0, 0.1) is 13.8 Å². The molecule has 7 heteroatoms. The second-order valence-electron chi connectivity index (χ2n) is 7.85. The van der Waals surface area contributed by atoms with Gasteiger partial charge in [-0.15, -0.1) is 10.2 Å². The molecule has 4 aromatic rings. The van der Waals surface area contributed by atoms with E-state index in [1.165, 1.54) is 11.3 Å². The summed E-state index contributed by atoms with van der Waals surface area (Å²) >= 11 is 1.29. The van der Waals surface area contributed by atoms with Crippen LogP contribution >= 0.6 is 11.3 Å². The summed E-state index contributed by atoms with van der Waals surface area (Å²) in [5.74, 6) is -0.644. The smallest absolute Gasteiger partial charge is 0.251 e. The molecular weight excluding hydrogens is 432 g/mol. The van der Waals surface area contributed by atoms with Gasteiger partial charge in [0.25, 0.3) is 5.91 Å². The van der Waals surface area contributed by atoms with Crippen molar-refractivity contribution in [3.05, 3.63) is 101 Å². The van der Waals surface area contributed by atoms with Crippen LogP contribution in [0.2, 0.25) is 0 Å². The van der Waals surface area contributed by atoms with Crippen LogP contribution in [0.4, 0.5) is 5.13 Å². The Morgan fingerprint density at radius 2 is 1.48 bits per heavy atom. The number of rotatable bonds is 7. The molecule has 0 aliphatic carbocycles. The summed E-state index contributed by atoms with van der Waals surface area (Å²) in [6, 6.07) is 24.0. The molecule has 1 aromatic heterocycles. The Morgan fingerprint density at radius 3 is 2.15 bits per heavy atom. The molecule has 0 spiro atoms. The molecule has 0 aliphatic rings. The Bertz CT molecular complexity index is 1240. The predicted molar refractivity (Wildman–Crippen MR) is 131 cm³/mol. The lowest BCUT2D eigenvalue weighted by molar-refractivity contribution is -0.118. The Kier molecular flexibility index (Phi) is 6.90. The van der Waals surface area contributed by atoms with Gasteiger partial charge < -0.3 is 5.32 Å². The summed E-state index contributed by atoms with van der Waals surface area (Å²) in [4.78, 5) is 26.0. The first-order chi connectivity index (χ1) is 16.0. The molecule has 0 aliphatic heterocycles. The molecule has 0 bridgehead atoms. The first-order valence-corrected chi connectivity index (χ1v) is 11.4. The van der Waals surface area contributed by atoms with E-state index in [9.17, 15) is 9.59 Å². The Morgan fingerprint density at radius 1 is 0.848 bits per heavy atom. The van der Waals surface area contributed by atoms with E-state index in [4.69, 9.17) is 0 Å². The van der Waals surface area contributed by atoms with Crippen molar-refractivity contribution in [1.29, 1.82) is 0 Å². The first-order valence-electron chi connectivity index (χ1n) is 10.6. The van der Waals surface area contributed by atoms with E-state index < -0.39 is 6.04 Å². The highest BCUT2D eigenvalue weighted by atomic mass is 32.1. The molecule has 0 saturated carbocycles. The number of hydrogen-bond donors (Lipinski definition) is 2. The third-order valence-electron chi connectivity index (χ3n) is 5.17. The first kappa shape index (κ1) is 22.4. The summed E-state index contributed by atoms with van der Waals surface area (Å²) in [5.41, 5.74) is 4.60. The molecule has 1 heterocycles. The maximum atomic E-state index is 13.1. The van der Waals surface area contributed by atoms with Crippen LogP contribution < -0.4 is 10.6 Å². The van der Waals surface area contributed by atoms with Gasteiger partial charge in [-0.3, -0.25) is 14.9 Å². The number of anilines is 1. The fourth-order valence-electron chi connectivity index (χ4n) is 3.28. The number of carbonyl (C=O) groups is 2. The van der Waals surface area contributed by atoms with Crippen LogP contribution in [-0.4, -0.2) is 28.1 Å². The second kappa shape index (κ2) is 10.2. The number of aromatic nitrogens is 2. The van der Waals surface area contributed by atoms with E-state index in [1.807, 2.05) is 80.6 Å². The summed E-state index contributed by atoms with van der Waals surface area (Å²) in [6.45, 7) is 3.98. The van der Waals surface area contributed by atoms with Crippen molar-refractivity contribution >= 4 is 28.3 Å². The van der Waals surface area contributed by atoms with Crippen molar-refractivity contribution < 1.29 is 9.59 Å². The molecule has 2 N–H and O–H groups in total.